The lowest BCUT2D eigenvalue weighted by molar-refractivity contribution is -0.121. The lowest BCUT2D eigenvalue weighted by atomic mass is 10.0. The first-order valence-electron chi connectivity index (χ1n) is 8.86. The highest BCUT2D eigenvalue weighted by atomic mass is 32.2. The predicted molar refractivity (Wildman–Crippen MR) is 111 cm³/mol. The zero-order valence-electron chi connectivity index (χ0n) is 15.3. The van der Waals surface area contributed by atoms with Crippen molar-refractivity contribution in [2.24, 2.45) is 0 Å². The second kappa shape index (κ2) is 9.05. The van der Waals surface area contributed by atoms with Crippen LogP contribution in [0.3, 0.4) is 0 Å². The standard InChI is InChI=1S/C19H23N5OS2/c1-3-8-15(14-9-5-4-6-10-14)21-18(25)13(2)27-19-23-22-17(24(19)20)16-11-7-12-26-16/h4-7,9-13,15H,3,8,20H2,1-2H3,(H,21,25). The number of benzene rings is 1. The van der Waals surface area contributed by atoms with Gasteiger partial charge >= 0.3 is 0 Å². The first-order chi connectivity index (χ1) is 13.1. The largest absolute Gasteiger partial charge is 0.348 e. The van der Waals surface area contributed by atoms with Crippen molar-refractivity contribution in [3.05, 3.63) is 53.4 Å². The number of nitrogens with zero attached hydrogens (tertiary/aromatic N) is 3. The van der Waals surface area contributed by atoms with Gasteiger partial charge in [0.05, 0.1) is 16.2 Å². The number of nitrogen functional groups attached to an aromatic ring is 1. The molecule has 0 aliphatic rings. The van der Waals surface area contributed by atoms with Gasteiger partial charge in [-0.2, -0.15) is 0 Å². The van der Waals surface area contributed by atoms with Crippen LogP contribution in [0.15, 0.2) is 53.0 Å². The van der Waals surface area contributed by atoms with Gasteiger partial charge in [0.2, 0.25) is 11.1 Å². The summed E-state index contributed by atoms with van der Waals surface area (Å²) in [5.74, 6) is 6.69. The minimum absolute atomic E-state index is 0.00387. The summed E-state index contributed by atoms with van der Waals surface area (Å²) >= 11 is 2.86. The molecular formula is C19H23N5OS2. The molecule has 0 fully saturated rings. The van der Waals surface area contributed by atoms with Crippen molar-refractivity contribution in [3.63, 3.8) is 0 Å². The second-order valence-corrected chi connectivity index (χ2v) is 8.43. The van der Waals surface area contributed by atoms with E-state index in [2.05, 4.69) is 22.4 Å². The molecule has 0 bridgehead atoms. The Morgan fingerprint density at radius 1 is 1.26 bits per heavy atom. The number of nitrogens with one attached hydrogen (secondary N) is 1. The first-order valence-corrected chi connectivity index (χ1v) is 10.6. The minimum atomic E-state index is -0.337. The Morgan fingerprint density at radius 3 is 2.70 bits per heavy atom. The van der Waals surface area contributed by atoms with E-state index in [0.717, 1.165) is 23.3 Å². The number of nitrogens with two attached hydrogens (primary N) is 1. The molecule has 0 saturated carbocycles. The second-order valence-electron chi connectivity index (χ2n) is 6.17. The normalized spacial score (nSPS) is 13.3. The molecular weight excluding hydrogens is 378 g/mol. The third kappa shape index (κ3) is 4.70. The number of hydrogen-bond donors (Lipinski definition) is 2. The highest BCUT2D eigenvalue weighted by Crippen LogP contribution is 2.28. The molecule has 1 aromatic carbocycles. The lowest BCUT2D eigenvalue weighted by Gasteiger charge is -2.20. The van der Waals surface area contributed by atoms with E-state index in [1.165, 1.54) is 16.4 Å². The SMILES string of the molecule is CCCC(NC(=O)C(C)Sc1nnc(-c2cccs2)n1N)c1ccccc1. The van der Waals surface area contributed by atoms with E-state index in [-0.39, 0.29) is 17.2 Å². The van der Waals surface area contributed by atoms with Crippen LogP contribution >= 0.6 is 23.1 Å². The molecule has 0 spiro atoms. The molecule has 6 nitrogen and oxygen atoms in total. The van der Waals surface area contributed by atoms with E-state index in [0.29, 0.717) is 11.0 Å². The Bertz CT molecular complexity index is 864. The maximum atomic E-state index is 12.7. The molecule has 0 radical (unpaired) electrons. The van der Waals surface area contributed by atoms with Gasteiger partial charge in [-0.15, -0.1) is 21.5 Å². The zero-order valence-corrected chi connectivity index (χ0v) is 17.0. The number of rotatable bonds is 8. The van der Waals surface area contributed by atoms with E-state index >= 15 is 0 Å². The van der Waals surface area contributed by atoms with Crippen molar-refractivity contribution in [2.45, 2.75) is 43.1 Å². The number of amides is 1. The van der Waals surface area contributed by atoms with Crippen LogP contribution in [0.4, 0.5) is 0 Å². The summed E-state index contributed by atoms with van der Waals surface area (Å²) in [7, 11) is 0. The highest BCUT2D eigenvalue weighted by molar-refractivity contribution is 8.00. The summed E-state index contributed by atoms with van der Waals surface area (Å²) in [6.45, 7) is 3.97. The molecule has 1 amide bonds. The maximum Gasteiger partial charge on any atom is 0.233 e. The topological polar surface area (TPSA) is 85.8 Å². The summed E-state index contributed by atoms with van der Waals surface area (Å²) in [5.41, 5.74) is 1.12. The third-order valence-corrected chi connectivity index (χ3v) is 6.08. The molecule has 0 aliphatic heterocycles. The Kier molecular flexibility index (Phi) is 6.52. The van der Waals surface area contributed by atoms with Crippen LogP contribution in [0.2, 0.25) is 0 Å². The molecule has 0 saturated heterocycles. The monoisotopic (exact) mass is 401 g/mol. The van der Waals surface area contributed by atoms with Crippen LogP contribution in [0.1, 0.15) is 38.3 Å². The molecule has 142 valence electrons. The average molecular weight is 402 g/mol. The van der Waals surface area contributed by atoms with Crippen LogP contribution in [-0.2, 0) is 4.79 Å². The van der Waals surface area contributed by atoms with Crippen LogP contribution in [0.25, 0.3) is 10.7 Å². The molecule has 3 aromatic rings. The summed E-state index contributed by atoms with van der Waals surface area (Å²) in [6.07, 6.45) is 1.88. The Labute approximate surface area is 167 Å². The molecule has 3 N–H and O–H groups in total. The average Bonchev–Trinajstić information content (AvgIpc) is 3.32. The van der Waals surface area contributed by atoms with E-state index in [9.17, 15) is 4.79 Å². The molecule has 2 unspecified atom stereocenters. The first kappa shape index (κ1) is 19.4. The zero-order chi connectivity index (χ0) is 19.2. The fraction of sp³-hybridized carbons (Fsp3) is 0.316. The molecule has 2 aromatic heterocycles. The Balaban J connectivity index is 1.67. The Hall–Kier alpha value is -2.32. The van der Waals surface area contributed by atoms with Crippen molar-refractivity contribution >= 4 is 29.0 Å². The van der Waals surface area contributed by atoms with Crippen LogP contribution in [0, 0.1) is 0 Å². The predicted octanol–water partition coefficient (Wildman–Crippen LogP) is 3.86. The number of carbonyl (C=O) groups is 1. The summed E-state index contributed by atoms with van der Waals surface area (Å²) in [6, 6.07) is 13.9. The van der Waals surface area contributed by atoms with Crippen molar-refractivity contribution in [1.29, 1.82) is 0 Å². The quantitative estimate of drug-likeness (QED) is 0.442. The molecule has 0 aliphatic carbocycles. The van der Waals surface area contributed by atoms with Gasteiger partial charge in [0.25, 0.3) is 0 Å². The summed E-state index contributed by atoms with van der Waals surface area (Å²) < 4.78 is 1.45. The smallest absolute Gasteiger partial charge is 0.233 e. The number of carbonyl (C=O) groups excluding carboxylic acids is 1. The fourth-order valence-corrected chi connectivity index (χ4v) is 4.21. The summed E-state index contributed by atoms with van der Waals surface area (Å²) in [4.78, 5) is 13.7. The lowest BCUT2D eigenvalue weighted by Crippen LogP contribution is -2.34. The van der Waals surface area contributed by atoms with E-state index in [1.54, 1.807) is 11.3 Å². The van der Waals surface area contributed by atoms with Crippen molar-refractivity contribution in [1.82, 2.24) is 20.2 Å². The molecule has 8 heteroatoms. The highest BCUT2D eigenvalue weighted by Gasteiger charge is 2.22. The number of thioether (sulfide) groups is 1. The van der Waals surface area contributed by atoms with Crippen LogP contribution in [0.5, 0.6) is 0 Å². The number of hydrogen-bond acceptors (Lipinski definition) is 6. The summed E-state index contributed by atoms with van der Waals surface area (Å²) in [5, 5.41) is 13.6. The van der Waals surface area contributed by atoms with Gasteiger partial charge in [0.15, 0.2) is 5.82 Å². The van der Waals surface area contributed by atoms with Crippen LogP contribution in [-0.4, -0.2) is 26.0 Å². The van der Waals surface area contributed by atoms with Gasteiger partial charge in [0.1, 0.15) is 0 Å². The van der Waals surface area contributed by atoms with E-state index < -0.39 is 0 Å². The van der Waals surface area contributed by atoms with Gasteiger partial charge in [-0.1, -0.05) is 61.5 Å². The number of aromatic nitrogens is 3. The molecule has 2 heterocycles. The van der Waals surface area contributed by atoms with Crippen molar-refractivity contribution in [3.8, 4) is 10.7 Å². The van der Waals surface area contributed by atoms with Gasteiger partial charge in [-0.25, -0.2) is 4.68 Å². The van der Waals surface area contributed by atoms with Gasteiger partial charge in [-0.05, 0) is 30.4 Å². The van der Waals surface area contributed by atoms with E-state index in [4.69, 9.17) is 5.84 Å². The Morgan fingerprint density at radius 2 is 2.04 bits per heavy atom. The maximum absolute atomic E-state index is 12.7. The molecule has 3 rings (SSSR count). The van der Waals surface area contributed by atoms with Crippen molar-refractivity contribution < 1.29 is 4.79 Å². The minimum Gasteiger partial charge on any atom is -0.348 e. The van der Waals surface area contributed by atoms with Crippen molar-refractivity contribution in [2.75, 3.05) is 5.84 Å². The number of thiophene rings is 1. The van der Waals surface area contributed by atoms with Gasteiger partial charge < -0.3 is 11.2 Å². The van der Waals surface area contributed by atoms with Gasteiger partial charge in [0, 0.05) is 0 Å². The third-order valence-electron chi connectivity index (χ3n) is 4.15. The van der Waals surface area contributed by atoms with E-state index in [1.807, 2.05) is 54.8 Å². The fourth-order valence-electron chi connectivity index (χ4n) is 2.73. The van der Waals surface area contributed by atoms with Gasteiger partial charge in [-0.3, -0.25) is 4.79 Å². The molecule has 2 atom stereocenters. The van der Waals surface area contributed by atoms with Crippen LogP contribution < -0.4 is 11.2 Å². The molecule has 27 heavy (non-hydrogen) atoms.